The lowest BCUT2D eigenvalue weighted by Gasteiger charge is -2.20. The molecule has 1 aliphatic heterocycles. The molecule has 1 fully saturated rings. The summed E-state index contributed by atoms with van der Waals surface area (Å²) in [4.78, 5) is 16.6. The van der Waals surface area contributed by atoms with E-state index in [9.17, 15) is 10.1 Å². The number of nitrogens with zero attached hydrogens (tertiary/aromatic N) is 3. The van der Waals surface area contributed by atoms with Crippen LogP contribution in [0.4, 0.5) is 11.5 Å². The van der Waals surface area contributed by atoms with Crippen molar-refractivity contribution in [2.45, 2.75) is 6.42 Å². The molecule has 0 spiro atoms. The molecule has 0 bridgehead atoms. The van der Waals surface area contributed by atoms with Gasteiger partial charge in [0, 0.05) is 24.9 Å². The van der Waals surface area contributed by atoms with Crippen LogP contribution < -0.4 is 4.90 Å². The summed E-state index contributed by atoms with van der Waals surface area (Å²) >= 11 is 7.68. The summed E-state index contributed by atoms with van der Waals surface area (Å²) in [5, 5.41) is 11.2. The van der Waals surface area contributed by atoms with Crippen molar-refractivity contribution in [3.63, 3.8) is 0 Å². The first-order chi connectivity index (χ1) is 8.18. The summed E-state index contributed by atoms with van der Waals surface area (Å²) < 4.78 is 0. The molecule has 0 aromatic carbocycles. The van der Waals surface area contributed by atoms with E-state index in [0.29, 0.717) is 11.0 Å². The van der Waals surface area contributed by atoms with Gasteiger partial charge in [-0.1, -0.05) is 11.6 Å². The minimum Gasteiger partial charge on any atom is -0.350 e. The van der Waals surface area contributed by atoms with Crippen LogP contribution in [0.5, 0.6) is 0 Å². The van der Waals surface area contributed by atoms with Crippen LogP contribution in [0.15, 0.2) is 12.1 Å². The maximum absolute atomic E-state index is 11.0. The number of aromatic nitrogens is 1. The second-order valence-electron chi connectivity index (χ2n) is 3.69. The van der Waals surface area contributed by atoms with E-state index in [2.05, 4.69) is 4.98 Å². The van der Waals surface area contributed by atoms with Gasteiger partial charge in [-0.3, -0.25) is 10.1 Å². The van der Waals surface area contributed by atoms with Crippen molar-refractivity contribution in [1.82, 2.24) is 4.98 Å². The molecule has 0 N–H and O–H groups in total. The van der Waals surface area contributed by atoms with Crippen LogP contribution in [0.2, 0.25) is 5.15 Å². The predicted molar refractivity (Wildman–Crippen MR) is 70.1 cm³/mol. The Labute approximate surface area is 108 Å². The van der Waals surface area contributed by atoms with Gasteiger partial charge >= 0.3 is 5.69 Å². The molecular formula is C10H12ClN3O2S. The van der Waals surface area contributed by atoms with Crippen molar-refractivity contribution < 1.29 is 4.92 Å². The van der Waals surface area contributed by atoms with Gasteiger partial charge < -0.3 is 4.90 Å². The molecule has 1 aromatic rings. The minimum atomic E-state index is -0.406. The quantitative estimate of drug-likeness (QED) is 0.471. The summed E-state index contributed by atoms with van der Waals surface area (Å²) in [6.07, 6.45) is 1.01. The molecule has 5 nitrogen and oxygen atoms in total. The highest BCUT2D eigenvalue weighted by molar-refractivity contribution is 7.99. The predicted octanol–water partition coefficient (Wildman–Crippen LogP) is 2.59. The lowest BCUT2D eigenvalue weighted by Crippen LogP contribution is -2.27. The molecule has 1 aliphatic rings. The van der Waals surface area contributed by atoms with Gasteiger partial charge in [-0.2, -0.15) is 11.8 Å². The Morgan fingerprint density at radius 2 is 2.24 bits per heavy atom. The number of hydrogen-bond donors (Lipinski definition) is 0. The van der Waals surface area contributed by atoms with Crippen LogP contribution >= 0.6 is 23.4 Å². The normalized spacial score (nSPS) is 16.6. The third-order valence-electron chi connectivity index (χ3n) is 2.54. The molecule has 92 valence electrons. The number of pyridine rings is 1. The zero-order valence-electron chi connectivity index (χ0n) is 9.13. The maximum Gasteiger partial charge on any atom is 0.311 e. The molecule has 0 aliphatic carbocycles. The average Bonchev–Trinajstić information content (AvgIpc) is 2.56. The molecule has 0 atom stereocenters. The molecule has 0 amide bonds. The smallest absolute Gasteiger partial charge is 0.311 e. The lowest BCUT2D eigenvalue weighted by molar-refractivity contribution is -0.384. The third kappa shape index (κ3) is 3.01. The summed E-state index contributed by atoms with van der Waals surface area (Å²) in [6.45, 7) is 1.57. The van der Waals surface area contributed by atoms with Gasteiger partial charge in [0.1, 0.15) is 5.15 Å². The number of rotatable bonds is 2. The first-order valence-corrected chi connectivity index (χ1v) is 6.85. The van der Waals surface area contributed by atoms with E-state index in [1.165, 1.54) is 12.1 Å². The van der Waals surface area contributed by atoms with Gasteiger partial charge in [0.2, 0.25) is 5.82 Å². The van der Waals surface area contributed by atoms with E-state index in [-0.39, 0.29) is 5.69 Å². The number of halogens is 1. The van der Waals surface area contributed by atoms with Gasteiger partial charge in [0.05, 0.1) is 4.92 Å². The zero-order chi connectivity index (χ0) is 12.3. The number of anilines is 1. The third-order valence-corrected chi connectivity index (χ3v) is 3.80. The topological polar surface area (TPSA) is 59.3 Å². The van der Waals surface area contributed by atoms with Gasteiger partial charge in [0.25, 0.3) is 0 Å². The molecule has 1 saturated heterocycles. The highest BCUT2D eigenvalue weighted by Crippen LogP contribution is 2.29. The van der Waals surface area contributed by atoms with Crippen molar-refractivity contribution in [3.8, 4) is 0 Å². The second kappa shape index (κ2) is 5.55. The summed E-state index contributed by atoms with van der Waals surface area (Å²) in [5.74, 6) is 2.45. The van der Waals surface area contributed by atoms with Gasteiger partial charge in [0.15, 0.2) is 0 Å². The number of hydrogen-bond acceptors (Lipinski definition) is 5. The van der Waals surface area contributed by atoms with Crippen molar-refractivity contribution >= 4 is 34.9 Å². The van der Waals surface area contributed by atoms with Crippen LogP contribution in [-0.4, -0.2) is 34.5 Å². The van der Waals surface area contributed by atoms with Crippen LogP contribution in [0.3, 0.4) is 0 Å². The average molecular weight is 274 g/mol. The Bertz CT molecular complexity index is 422. The molecular weight excluding hydrogens is 262 g/mol. The van der Waals surface area contributed by atoms with Crippen molar-refractivity contribution in [2.24, 2.45) is 0 Å². The molecule has 0 radical (unpaired) electrons. The van der Waals surface area contributed by atoms with E-state index in [1.807, 2.05) is 16.7 Å². The van der Waals surface area contributed by atoms with Gasteiger partial charge in [-0.25, -0.2) is 4.98 Å². The van der Waals surface area contributed by atoms with Crippen LogP contribution in [0.1, 0.15) is 6.42 Å². The number of nitro groups is 1. The Morgan fingerprint density at radius 3 is 3.00 bits per heavy atom. The van der Waals surface area contributed by atoms with Crippen LogP contribution in [0, 0.1) is 10.1 Å². The standard InChI is InChI=1S/C10H12ClN3O2S/c11-9-3-2-8(14(15)16)10(12-9)13-4-1-6-17-7-5-13/h2-3H,1,4-7H2. The van der Waals surface area contributed by atoms with Crippen molar-refractivity contribution in [1.29, 1.82) is 0 Å². The van der Waals surface area contributed by atoms with Gasteiger partial charge in [-0.05, 0) is 18.2 Å². The monoisotopic (exact) mass is 273 g/mol. The highest BCUT2D eigenvalue weighted by atomic mass is 35.5. The number of thioether (sulfide) groups is 1. The Morgan fingerprint density at radius 1 is 1.41 bits per heavy atom. The maximum atomic E-state index is 11.0. The SMILES string of the molecule is O=[N+]([O-])c1ccc(Cl)nc1N1CCCSCC1. The minimum absolute atomic E-state index is 0.0290. The van der Waals surface area contributed by atoms with Gasteiger partial charge in [-0.15, -0.1) is 0 Å². The highest BCUT2D eigenvalue weighted by Gasteiger charge is 2.22. The van der Waals surface area contributed by atoms with E-state index >= 15 is 0 Å². The Kier molecular flexibility index (Phi) is 4.06. The Hall–Kier alpha value is -1.01. The zero-order valence-corrected chi connectivity index (χ0v) is 10.7. The summed E-state index contributed by atoms with van der Waals surface area (Å²) in [7, 11) is 0. The molecule has 2 rings (SSSR count). The van der Waals surface area contributed by atoms with E-state index in [4.69, 9.17) is 11.6 Å². The van der Waals surface area contributed by atoms with Crippen LogP contribution in [0.25, 0.3) is 0 Å². The van der Waals surface area contributed by atoms with E-state index < -0.39 is 4.92 Å². The van der Waals surface area contributed by atoms with E-state index in [1.54, 1.807) is 0 Å². The molecule has 7 heteroatoms. The first-order valence-electron chi connectivity index (χ1n) is 5.32. The van der Waals surface area contributed by atoms with Crippen molar-refractivity contribution in [2.75, 3.05) is 29.5 Å². The van der Waals surface area contributed by atoms with Crippen LogP contribution in [-0.2, 0) is 0 Å². The summed E-state index contributed by atoms with van der Waals surface area (Å²) in [5.41, 5.74) is 0.0290. The van der Waals surface area contributed by atoms with E-state index in [0.717, 1.165) is 31.0 Å². The fourth-order valence-electron chi connectivity index (χ4n) is 1.75. The fourth-order valence-corrected chi connectivity index (χ4v) is 2.78. The molecule has 0 saturated carbocycles. The largest absolute Gasteiger partial charge is 0.350 e. The Balaban J connectivity index is 2.34. The lowest BCUT2D eigenvalue weighted by atomic mass is 10.3. The fraction of sp³-hybridized carbons (Fsp3) is 0.500. The molecule has 1 aromatic heterocycles. The molecule has 2 heterocycles. The molecule has 17 heavy (non-hydrogen) atoms. The first kappa shape index (κ1) is 12.4. The summed E-state index contributed by atoms with van der Waals surface area (Å²) in [6, 6.07) is 2.87. The molecule has 0 unspecified atom stereocenters. The van der Waals surface area contributed by atoms with Crippen molar-refractivity contribution in [3.05, 3.63) is 27.4 Å². The second-order valence-corrected chi connectivity index (χ2v) is 5.30.